The van der Waals surface area contributed by atoms with Gasteiger partial charge in [0.2, 0.25) is 0 Å². The molecule has 0 aliphatic heterocycles. The Morgan fingerprint density at radius 2 is 2.14 bits per heavy atom. The standard InChI is InChI=1S/C13H13N/c1-11-6-5-9-13(10-11)14-12-7-3-2-4-8-12/h2-7,9-10H,8H2,1H3. The Hall–Kier alpha value is -1.63. The first-order valence-electron chi connectivity index (χ1n) is 4.82. The van der Waals surface area contributed by atoms with Crippen molar-refractivity contribution in [3.05, 3.63) is 54.1 Å². The molecule has 0 spiro atoms. The highest BCUT2D eigenvalue weighted by Crippen LogP contribution is 2.15. The molecule has 1 aliphatic rings. The maximum atomic E-state index is 4.56. The molecule has 0 saturated carbocycles. The third-order valence-electron chi connectivity index (χ3n) is 2.14. The van der Waals surface area contributed by atoms with Crippen LogP contribution in [0.25, 0.3) is 0 Å². The summed E-state index contributed by atoms with van der Waals surface area (Å²) in [5.41, 5.74) is 3.42. The first kappa shape index (κ1) is 8.95. The Kier molecular flexibility index (Phi) is 2.59. The van der Waals surface area contributed by atoms with E-state index in [9.17, 15) is 0 Å². The van der Waals surface area contributed by atoms with E-state index in [0.717, 1.165) is 17.8 Å². The van der Waals surface area contributed by atoms with Crippen molar-refractivity contribution < 1.29 is 0 Å². The number of aryl methyl sites for hydroxylation is 1. The number of aliphatic imine (C=N–C) groups is 1. The van der Waals surface area contributed by atoms with E-state index in [1.54, 1.807) is 0 Å². The molecule has 1 aliphatic carbocycles. The SMILES string of the molecule is Cc1cccc(N=C2C=CC=CC2)c1. The maximum Gasteiger partial charge on any atom is 0.0635 e. The molecular weight excluding hydrogens is 170 g/mol. The molecule has 0 unspecified atom stereocenters. The summed E-state index contributed by atoms with van der Waals surface area (Å²) in [6.45, 7) is 2.08. The predicted octanol–water partition coefficient (Wildman–Crippen LogP) is 3.58. The van der Waals surface area contributed by atoms with Crippen LogP contribution < -0.4 is 0 Å². The van der Waals surface area contributed by atoms with Gasteiger partial charge < -0.3 is 0 Å². The molecule has 0 bridgehead atoms. The minimum Gasteiger partial charge on any atom is -0.253 e. The molecular formula is C13H13N. The molecule has 2 rings (SSSR count). The third kappa shape index (κ3) is 2.19. The lowest BCUT2D eigenvalue weighted by Crippen LogP contribution is -1.93. The van der Waals surface area contributed by atoms with E-state index in [0.29, 0.717) is 0 Å². The molecule has 0 N–H and O–H groups in total. The summed E-state index contributed by atoms with van der Waals surface area (Å²) in [4.78, 5) is 4.56. The number of allylic oxidation sites excluding steroid dienone is 4. The number of hydrogen-bond donors (Lipinski definition) is 0. The highest BCUT2D eigenvalue weighted by Gasteiger charge is 1.96. The fourth-order valence-electron chi connectivity index (χ4n) is 1.45. The Morgan fingerprint density at radius 3 is 2.86 bits per heavy atom. The molecule has 0 radical (unpaired) electrons. The maximum absolute atomic E-state index is 4.56. The van der Waals surface area contributed by atoms with Crippen LogP contribution in [0.3, 0.4) is 0 Å². The normalized spacial score (nSPS) is 17.6. The van der Waals surface area contributed by atoms with E-state index < -0.39 is 0 Å². The molecule has 70 valence electrons. The quantitative estimate of drug-likeness (QED) is 0.631. The Morgan fingerprint density at radius 1 is 1.21 bits per heavy atom. The predicted molar refractivity (Wildman–Crippen MR) is 61.2 cm³/mol. The second-order valence-corrected chi connectivity index (χ2v) is 3.43. The van der Waals surface area contributed by atoms with Crippen LogP contribution in [0.2, 0.25) is 0 Å². The lowest BCUT2D eigenvalue weighted by Gasteiger charge is -2.01. The summed E-state index contributed by atoms with van der Waals surface area (Å²) in [5, 5.41) is 0. The highest BCUT2D eigenvalue weighted by molar-refractivity contribution is 5.98. The molecule has 0 atom stereocenters. The summed E-state index contributed by atoms with van der Waals surface area (Å²) >= 11 is 0. The van der Waals surface area contributed by atoms with Crippen molar-refractivity contribution in [1.82, 2.24) is 0 Å². The smallest absolute Gasteiger partial charge is 0.0635 e. The second-order valence-electron chi connectivity index (χ2n) is 3.43. The molecule has 0 aromatic heterocycles. The molecule has 1 aromatic rings. The van der Waals surface area contributed by atoms with Gasteiger partial charge in [0, 0.05) is 12.1 Å². The van der Waals surface area contributed by atoms with Crippen molar-refractivity contribution in [3.63, 3.8) is 0 Å². The summed E-state index contributed by atoms with van der Waals surface area (Å²) < 4.78 is 0. The first-order chi connectivity index (χ1) is 6.84. The van der Waals surface area contributed by atoms with Crippen LogP contribution in [0.4, 0.5) is 5.69 Å². The molecule has 14 heavy (non-hydrogen) atoms. The van der Waals surface area contributed by atoms with E-state index in [1.165, 1.54) is 5.56 Å². The van der Waals surface area contributed by atoms with Crippen molar-refractivity contribution >= 4 is 11.4 Å². The number of benzene rings is 1. The van der Waals surface area contributed by atoms with Gasteiger partial charge in [-0.1, -0.05) is 30.4 Å². The largest absolute Gasteiger partial charge is 0.253 e. The van der Waals surface area contributed by atoms with E-state index in [4.69, 9.17) is 0 Å². The van der Waals surface area contributed by atoms with Gasteiger partial charge in [0.15, 0.2) is 0 Å². The number of nitrogens with zero attached hydrogens (tertiary/aromatic N) is 1. The molecule has 1 heteroatoms. The minimum absolute atomic E-state index is 0.935. The minimum atomic E-state index is 0.935. The van der Waals surface area contributed by atoms with E-state index in [1.807, 2.05) is 18.2 Å². The lowest BCUT2D eigenvalue weighted by atomic mass is 10.1. The third-order valence-corrected chi connectivity index (χ3v) is 2.14. The molecule has 1 aromatic carbocycles. The molecule has 0 saturated heterocycles. The summed E-state index contributed by atoms with van der Waals surface area (Å²) in [7, 11) is 0. The van der Waals surface area contributed by atoms with E-state index >= 15 is 0 Å². The topological polar surface area (TPSA) is 12.4 Å². The van der Waals surface area contributed by atoms with Crippen LogP contribution in [0.15, 0.2) is 53.6 Å². The van der Waals surface area contributed by atoms with Crippen LogP contribution in [0.1, 0.15) is 12.0 Å². The second kappa shape index (κ2) is 4.05. The average Bonchev–Trinajstić information content (AvgIpc) is 2.19. The van der Waals surface area contributed by atoms with Gasteiger partial charge in [0.05, 0.1) is 5.69 Å². The summed E-state index contributed by atoms with van der Waals surface area (Å²) in [6, 6.07) is 8.25. The van der Waals surface area contributed by atoms with Gasteiger partial charge >= 0.3 is 0 Å². The van der Waals surface area contributed by atoms with Gasteiger partial charge in [-0.05, 0) is 30.7 Å². The zero-order chi connectivity index (χ0) is 9.80. The lowest BCUT2D eigenvalue weighted by molar-refractivity contribution is 1.37. The van der Waals surface area contributed by atoms with Crippen molar-refractivity contribution in [2.45, 2.75) is 13.3 Å². The zero-order valence-electron chi connectivity index (χ0n) is 8.27. The molecule has 0 fully saturated rings. The van der Waals surface area contributed by atoms with Crippen LogP contribution in [0, 0.1) is 6.92 Å². The Labute approximate surface area is 84.5 Å². The number of hydrogen-bond acceptors (Lipinski definition) is 1. The van der Waals surface area contributed by atoms with Gasteiger partial charge in [0.25, 0.3) is 0 Å². The Bertz CT molecular complexity index is 411. The van der Waals surface area contributed by atoms with Gasteiger partial charge in [-0.3, -0.25) is 4.99 Å². The Balaban J connectivity index is 2.25. The van der Waals surface area contributed by atoms with Crippen LogP contribution in [0.5, 0.6) is 0 Å². The monoisotopic (exact) mass is 183 g/mol. The van der Waals surface area contributed by atoms with Crippen LogP contribution in [-0.4, -0.2) is 5.71 Å². The van der Waals surface area contributed by atoms with Crippen molar-refractivity contribution in [3.8, 4) is 0 Å². The van der Waals surface area contributed by atoms with Gasteiger partial charge in [-0.25, -0.2) is 0 Å². The zero-order valence-corrected chi connectivity index (χ0v) is 8.27. The van der Waals surface area contributed by atoms with Gasteiger partial charge in [-0.2, -0.15) is 0 Å². The van der Waals surface area contributed by atoms with E-state index in [-0.39, 0.29) is 0 Å². The van der Waals surface area contributed by atoms with Crippen molar-refractivity contribution in [2.75, 3.05) is 0 Å². The van der Waals surface area contributed by atoms with Crippen LogP contribution >= 0.6 is 0 Å². The summed E-state index contributed by atoms with van der Waals surface area (Å²) in [6.07, 6.45) is 9.19. The van der Waals surface area contributed by atoms with Crippen LogP contribution in [-0.2, 0) is 0 Å². The molecule has 0 heterocycles. The van der Waals surface area contributed by atoms with Gasteiger partial charge in [0.1, 0.15) is 0 Å². The number of rotatable bonds is 1. The molecule has 1 nitrogen and oxygen atoms in total. The first-order valence-corrected chi connectivity index (χ1v) is 4.82. The molecule has 0 amide bonds. The average molecular weight is 183 g/mol. The van der Waals surface area contributed by atoms with Gasteiger partial charge in [-0.15, -0.1) is 0 Å². The fourth-order valence-corrected chi connectivity index (χ4v) is 1.45. The van der Waals surface area contributed by atoms with E-state index in [2.05, 4.69) is 42.3 Å². The fraction of sp³-hybridized carbons (Fsp3) is 0.154. The highest BCUT2D eigenvalue weighted by atomic mass is 14.7. The summed E-state index contributed by atoms with van der Waals surface area (Å²) in [5.74, 6) is 0. The van der Waals surface area contributed by atoms with Crippen molar-refractivity contribution in [1.29, 1.82) is 0 Å². The van der Waals surface area contributed by atoms with Crippen molar-refractivity contribution in [2.24, 2.45) is 4.99 Å².